The van der Waals surface area contributed by atoms with Crippen LogP contribution in [0.5, 0.6) is 0 Å². The Labute approximate surface area is 200 Å². The van der Waals surface area contributed by atoms with Gasteiger partial charge in [0.1, 0.15) is 12.2 Å². The van der Waals surface area contributed by atoms with Crippen LogP contribution in [0.25, 0.3) is 6.08 Å². The molecule has 0 radical (unpaired) electrons. The summed E-state index contributed by atoms with van der Waals surface area (Å²) in [5.41, 5.74) is 0.935. The van der Waals surface area contributed by atoms with Crippen molar-refractivity contribution in [2.24, 2.45) is 0 Å². The number of esters is 1. The van der Waals surface area contributed by atoms with E-state index in [0.29, 0.717) is 6.61 Å². The quantitative estimate of drug-likeness (QED) is 0.474. The molecule has 7 heteroatoms. The molecule has 7 nitrogen and oxygen atoms in total. The Hall–Kier alpha value is -1.77. The Balaban J connectivity index is 1.19. The fraction of sp³-hybridized carbons (Fsp3) is 0.667. The van der Waals surface area contributed by atoms with Crippen LogP contribution in [0.4, 0.5) is 0 Å². The summed E-state index contributed by atoms with van der Waals surface area (Å²) >= 11 is 0. The lowest BCUT2D eigenvalue weighted by molar-refractivity contribution is -0.261. The summed E-state index contributed by atoms with van der Waals surface area (Å²) in [6.45, 7) is 0.420. The molecule has 1 aromatic rings. The lowest BCUT2D eigenvalue weighted by Gasteiger charge is -2.35. The Kier molecular flexibility index (Phi) is 6.24. The zero-order valence-corrected chi connectivity index (χ0v) is 19.6. The van der Waals surface area contributed by atoms with E-state index in [1.54, 1.807) is 6.08 Å². The van der Waals surface area contributed by atoms with Crippen LogP contribution in [-0.4, -0.2) is 54.9 Å². The van der Waals surface area contributed by atoms with Crippen LogP contribution in [0.15, 0.2) is 36.4 Å². The van der Waals surface area contributed by atoms with Crippen molar-refractivity contribution in [2.45, 2.75) is 106 Å². The average molecular weight is 471 g/mol. The Morgan fingerprint density at radius 1 is 0.853 bits per heavy atom. The maximum absolute atomic E-state index is 12.9. The standard InChI is InChI=1S/C27H34O7/c28-21(13-12-19-10-4-1-5-11-19)30-23-22(20-18-29-26(32-20)14-6-2-7-15-26)31-25-24(23)33-27(34-25)16-8-3-9-17-27/h1,4-5,10-13,20,22-25H,2-3,6-9,14-18H2/b13-12+/t20-,22-,23+,24+,25-/m0/s1. The summed E-state index contributed by atoms with van der Waals surface area (Å²) in [7, 11) is 0. The summed E-state index contributed by atoms with van der Waals surface area (Å²) in [5.74, 6) is -1.58. The zero-order valence-electron chi connectivity index (χ0n) is 19.6. The van der Waals surface area contributed by atoms with Crippen LogP contribution < -0.4 is 0 Å². The summed E-state index contributed by atoms with van der Waals surface area (Å²) in [4.78, 5) is 12.9. The van der Waals surface area contributed by atoms with Gasteiger partial charge in [-0.15, -0.1) is 0 Å². The predicted octanol–water partition coefficient (Wildman–Crippen LogP) is 4.49. The molecular formula is C27H34O7. The second-order valence-electron chi connectivity index (χ2n) is 10.2. The molecule has 0 N–H and O–H groups in total. The van der Waals surface area contributed by atoms with Crippen molar-refractivity contribution in [3.63, 3.8) is 0 Å². The maximum Gasteiger partial charge on any atom is 0.331 e. The van der Waals surface area contributed by atoms with Gasteiger partial charge in [-0.3, -0.25) is 0 Å². The Morgan fingerprint density at radius 2 is 1.56 bits per heavy atom. The molecule has 3 heterocycles. The van der Waals surface area contributed by atoms with Crippen LogP contribution in [-0.2, 0) is 33.2 Å². The second kappa shape index (κ2) is 9.36. The third kappa shape index (κ3) is 4.44. The second-order valence-corrected chi connectivity index (χ2v) is 10.2. The van der Waals surface area contributed by atoms with Gasteiger partial charge in [-0.2, -0.15) is 0 Å². The molecule has 6 rings (SSSR count). The highest BCUT2D eigenvalue weighted by Crippen LogP contribution is 2.48. The van der Waals surface area contributed by atoms with Crippen LogP contribution >= 0.6 is 0 Å². The van der Waals surface area contributed by atoms with Gasteiger partial charge >= 0.3 is 5.97 Å². The number of carbonyl (C=O) groups is 1. The molecule has 2 saturated carbocycles. The predicted molar refractivity (Wildman–Crippen MR) is 122 cm³/mol. The largest absolute Gasteiger partial charge is 0.453 e. The Bertz CT molecular complexity index is 887. The van der Waals surface area contributed by atoms with E-state index >= 15 is 0 Å². The summed E-state index contributed by atoms with van der Waals surface area (Å²) in [6, 6.07) is 9.69. The van der Waals surface area contributed by atoms with Crippen molar-refractivity contribution in [3.8, 4) is 0 Å². The van der Waals surface area contributed by atoms with Crippen molar-refractivity contribution in [1.29, 1.82) is 0 Å². The number of fused-ring (bicyclic) bond motifs is 1. The van der Waals surface area contributed by atoms with E-state index in [1.807, 2.05) is 30.3 Å². The van der Waals surface area contributed by atoms with Gasteiger partial charge in [0.15, 0.2) is 30.1 Å². The molecule has 5 atom stereocenters. The molecule has 0 amide bonds. The summed E-state index contributed by atoms with van der Waals surface area (Å²) in [5, 5.41) is 0. The van der Waals surface area contributed by atoms with Gasteiger partial charge in [-0.25, -0.2) is 4.79 Å². The molecule has 2 spiro atoms. The number of hydrogen-bond acceptors (Lipinski definition) is 7. The SMILES string of the molecule is O=C(/C=C/c1ccccc1)O[C@@H]1[C@H]([C@@H]2COC3(CCCCC3)O2)O[C@H]2OC3(CCCCC3)O[C@@H]21. The number of rotatable bonds is 4. The molecule has 3 saturated heterocycles. The highest BCUT2D eigenvalue weighted by Gasteiger charge is 2.62. The lowest BCUT2D eigenvalue weighted by atomic mass is 9.94. The molecule has 1 aromatic carbocycles. The smallest absolute Gasteiger partial charge is 0.331 e. The molecule has 0 aromatic heterocycles. The van der Waals surface area contributed by atoms with Crippen LogP contribution in [0.3, 0.4) is 0 Å². The van der Waals surface area contributed by atoms with E-state index in [1.165, 1.54) is 18.9 Å². The summed E-state index contributed by atoms with van der Waals surface area (Å²) < 4.78 is 37.8. The van der Waals surface area contributed by atoms with Gasteiger partial charge in [0.2, 0.25) is 0 Å². The lowest BCUT2D eigenvalue weighted by Crippen LogP contribution is -2.46. The van der Waals surface area contributed by atoms with E-state index in [9.17, 15) is 4.79 Å². The van der Waals surface area contributed by atoms with Crippen molar-refractivity contribution in [1.82, 2.24) is 0 Å². The summed E-state index contributed by atoms with van der Waals surface area (Å²) in [6.07, 6.45) is 10.9. The fourth-order valence-corrected chi connectivity index (χ4v) is 6.11. The van der Waals surface area contributed by atoms with E-state index in [2.05, 4.69) is 0 Å². The van der Waals surface area contributed by atoms with E-state index < -0.39 is 42.1 Å². The molecule has 184 valence electrons. The highest BCUT2D eigenvalue weighted by atomic mass is 16.9. The molecule has 2 aliphatic carbocycles. The fourth-order valence-electron chi connectivity index (χ4n) is 6.11. The van der Waals surface area contributed by atoms with E-state index in [0.717, 1.165) is 56.9 Å². The van der Waals surface area contributed by atoms with Crippen LogP contribution in [0.1, 0.15) is 69.8 Å². The highest BCUT2D eigenvalue weighted by molar-refractivity contribution is 5.87. The molecule has 34 heavy (non-hydrogen) atoms. The molecule has 0 unspecified atom stereocenters. The van der Waals surface area contributed by atoms with Gasteiger partial charge in [0.25, 0.3) is 0 Å². The van der Waals surface area contributed by atoms with E-state index in [-0.39, 0.29) is 6.10 Å². The van der Waals surface area contributed by atoms with Gasteiger partial charge in [0, 0.05) is 31.8 Å². The maximum atomic E-state index is 12.9. The van der Waals surface area contributed by atoms with Crippen molar-refractivity contribution >= 4 is 12.0 Å². The first-order chi connectivity index (χ1) is 16.6. The monoisotopic (exact) mass is 470 g/mol. The molecule has 3 aliphatic heterocycles. The van der Waals surface area contributed by atoms with Crippen molar-refractivity contribution in [2.75, 3.05) is 6.61 Å². The third-order valence-corrected chi connectivity index (χ3v) is 7.83. The third-order valence-electron chi connectivity index (χ3n) is 7.83. The average Bonchev–Trinajstić information content (AvgIpc) is 3.52. The van der Waals surface area contributed by atoms with Crippen LogP contribution in [0.2, 0.25) is 0 Å². The number of hydrogen-bond donors (Lipinski definition) is 0. The number of carbonyl (C=O) groups excluding carboxylic acids is 1. The van der Waals surface area contributed by atoms with Crippen molar-refractivity contribution in [3.05, 3.63) is 42.0 Å². The minimum atomic E-state index is -0.624. The minimum absolute atomic E-state index is 0.325. The Morgan fingerprint density at radius 3 is 2.29 bits per heavy atom. The topological polar surface area (TPSA) is 72.5 Å². The van der Waals surface area contributed by atoms with Crippen molar-refractivity contribution < 1.29 is 33.2 Å². The normalized spacial score (nSPS) is 36.3. The zero-order chi connectivity index (χ0) is 23.0. The van der Waals surface area contributed by atoms with Crippen LogP contribution in [0, 0.1) is 0 Å². The molecule has 5 fully saturated rings. The molecular weight excluding hydrogens is 436 g/mol. The molecule has 5 aliphatic rings. The first-order valence-electron chi connectivity index (χ1n) is 12.9. The van der Waals surface area contributed by atoms with Gasteiger partial charge < -0.3 is 28.4 Å². The number of benzene rings is 1. The van der Waals surface area contributed by atoms with Gasteiger partial charge in [-0.1, -0.05) is 43.2 Å². The molecule has 0 bridgehead atoms. The first kappa shape index (κ1) is 22.7. The number of ether oxygens (including phenoxy) is 6. The van der Waals surface area contributed by atoms with E-state index in [4.69, 9.17) is 28.4 Å². The van der Waals surface area contributed by atoms with Gasteiger partial charge in [0.05, 0.1) is 6.61 Å². The minimum Gasteiger partial charge on any atom is -0.453 e. The first-order valence-corrected chi connectivity index (χ1v) is 12.9. The van der Waals surface area contributed by atoms with Gasteiger partial charge in [-0.05, 0) is 37.3 Å².